The fourth-order valence-electron chi connectivity index (χ4n) is 2.56. The van der Waals surface area contributed by atoms with E-state index in [1.807, 2.05) is 0 Å². The number of amides is 2. The summed E-state index contributed by atoms with van der Waals surface area (Å²) in [6, 6.07) is 11.6. The molecule has 2 N–H and O–H groups in total. The first-order valence-electron chi connectivity index (χ1n) is 7.57. The molecule has 0 spiro atoms. The Bertz CT molecular complexity index is 768. The van der Waals surface area contributed by atoms with Crippen LogP contribution in [-0.2, 0) is 9.59 Å². The number of nitrogens with one attached hydrogen (secondary N) is 1. The Balaban J connectivity index is 1.74. The zero-order valence-corrected chi connectivity index (χ0v) is 13.1. The molecule has 1 aliphatic carbocycles. The summed E-state index contributed by atoms with van der Waals surface area (Å²) in [6.45, 7) is 0. The van der Waals surface area contributed by atoms with Gasteiger partial charge in [0.05, 0.1) is 0 Å². The number of hydrogen-bond acceptors (Lipinski definition) is 3. The van der Waals surface area contributed by atoms with E-state index in [4.69, 9.17) is 0 Å². The molecule has 0 saturated heterocycles. The SMILES string of the molecule is CN(C(=O)C1(C(=O)Nc2ccc(O)cc2)CC1)c1ccc(F)cc1. The number of halogens is 1. The van der Waals surface area contributed by atoms with Crippen molar-refractivity contribution in [2.75, 3.05) is 17.3 Å². The highest BCUT2D eigenvalue weighted by molar-refractivity contribution is 6.17. The lowest BCUT2D eigenvalue weighted by Crippen LogP contribution is -2.41. The first kappa shape index (κ1) is 16.0. The highest BCUT2D eigenvalue weighted by Gasteiger charge is 2.57. The fraction of sp³-hybridized carbons (Fsp3) is 0.222. The fourth-order valence-corrected chi connectivity index (χ4v) is 2.56. The van der Waals surface area contributed by atoms with Crippen LogP contribution in [0.1, 0.15) is 12.8 Å². The third-order valence-corrected chi connectivity index (χ3v) is 4.24. The van der Waals surface area contributed by atoms with Gasteiger partial charge < -0.3 is 15.3 Å². The van der Waals surface area contributed by atoms with Gasteiger partial charge in [0.2, 0.25) is 11.8 Å². The topological polar surface area (TPSA) is 69.6 Å². The van der Waals surface area contributed by atoms with E-state index in [-0.39, 0.29) is 23.4 Å². The summed E-state index contributed by atoms with van der Waals surface area (Å²) in [5.74, 6) is -0.968. The van der Waals surface area contributed by atoms with E-state index >= 15 is 0 Å². The molecule has 2 aromatic carbocycles. The van der Waals surface area contributed by atoms with Gasteiger partial charge in [0.1, 0.15) is 17.0 Å². The van der Waals surface area contributed by atoms with Gasteiger partial charge >= 0.3 is 0 Å². The number of phenolic OH excluding ortho intramolecular Hbond substituents is 1. The smallest absolute Gasteiger partial charge is 0.242 e. The van der Waals surface area contributed by atoms with Crippen molar-refractivity contribution in [2.24, 2.45) is 5.41 Å². The van der Waals surface area contributed by atoms with E-state index in [1.54, 1.807) is 19.2 Å². The molecule has 124 valence electrons. The van der Waals surface area contributed by atoms with E-state index in [2.05, 4.69) is 5.32 Å². The highest BCUT2D eigenvalue weighted by atomic mass is 19.1. The van der Waals surface area contributed by atoms with Crippen molar-refractivity contribution in [2.45, 2.75) is 12.8 Å². The van der Waals surface area contributed by atoms with Crippen LogP contribution in [0.5, 0.6) is 5.75 Å². The summed E-state index contributed by atoms with van der Waals surface area (Å²) >= 11 is 0. The van der Waals surface area contributed by atoms with Gasteiger partial charge in [-0.05, 0) is 61.4 Å². The maximum Gasteiger partial charge on any atom is 0.242 e. The molecule has 1 aliphatic rings. The Labute approximate surface area is 138 Å². The van der Waals surface area contributed by atoms with E-state index in [0.29, 0.717) is 24.2 Å². The van der Waals surface area contributed by atoms with Crippen LogP contribution in [0, 0.1) is 11.2 Å². The zero-order chi connectivity index (χ0) is 17.3. The van der Waals surface area contributed by atoms with Crippen LogP contribution in [0.2, 0.25) is 0 Å². The quantitative estimate of drug-likeness (QED) is 0.670. The van der Waals surface area contributed by atoms with E-state index in [9.17, 15) is 19.1 Å². The number of carbonyl (C=O) groups excluding carboxylic acids is 2. The standard InChI is InChI=1S/C18H17FN2O3/c1-21(14-6-2-12(19)3-7-14)17(24)18(10-11-18)16(23)20-13-4-8-15(22)9-5-13/h2-9,22H,10-11H2,1H3,(H,20,23). The van der Waals surface area contributed by atoms with Gasteiger partial charge in [0, 0.05) is 18.4 Å². The second-order valence-electron chi connectivity index (χ2n) is 5.92. The molecular formula is C18H17FN2O3. The monoisotopic (exact) mass is 328 g/mol. The molecule has 0 radical (unpaired) electrons. The number of benzene rings is 2. The molecule has 0 aromatic heterocycles. The predicted octanol–water partition coefficient (Wildman–Crippen LogP) is 2.91. The maximum absolute atomic E-state index is 13.0. The number of aromatic hydroxyl groups is 1. The Hall–Kier alpha value is -2.89. The maximum atomic E-state index is 13.0. The molecule has 6 heteroatoms. The summed E-state index contributed by atoms with van der Waals surface area (Å²) in [5, 5.41) is 12.0. The van der Waals surface area contributed by atoms with Gasteiger partial charge in [-0.1, -0.05) is 0 Å². The summed E-state index contributed by atoms with van der Waals surface area (Å²) in [7, 11) is 1.57. The van der Waals surface area contributed by atoms with Gasteiger partial charge in [0.15, 0.2) is 0 Å². The Morgan fingerprint density at radius 1 is 1.08 bits per heavy atom. The lowest BCUT2D eigenvalue weighted by molar-refractivity contribution is -0.132. The molecule has 1 fully saturated rings. The molecule has 0 bridgehead atoms. The van der Waals surface area contributed by atoms with Crippen LogP contribution < -0.4 is 10.2 Å². The number of rotatable bonds is 4. The lowest BCUT2D eigenvalue weighted by Gasteiger charge is -2.23. The Morgan fingerprint density at radius 3 is 2.21 bits per heavy atom. The third kappa shape index (κ3) is 2.95. The Kier molecular flexibility index (Phi) is 3.97. The van der Waals surface area contributed by atoms with Crippen LogP contribution in [-0.4, -0.2) is 24.0 Å². The molecule has 0 unspecified atom stereocenters. The van der Waals surface area contributed by atoms with E-state index in [1.165, 1.54) is 41.3 Å². The number of carbonyl (C=O) groups is 2. The number of hydrogen-bond donors (Lipinski definition) is 2. The van der Waals surface area contributed by atoms with Crippen molar-refractivity contribution in [3.63, 3.8) is 0 Å². The summed E-state index contributed by atoms with van der Waals surface area (Å²) in [5.41, 5.74) is -0.0347. The first-order valence-corrected chi connectivity index (χ1v) is 7.57. The lowest BCUT2D eigenvalue weighted by atomic mass is 10.0. The number of nitrogens with zero attached hydrogens (tertiary/aromatic N) is 1. The molecule has 24 heavy (non-hydrogen) atoms. The van der Waals surface area contributed by atoms with Crippen molar-refractivity contribution >= 4 is 23.2 Å². The van der Waals surface area contributed by atoms with Crippen LogP contribution >= 0.6 is 0 Å². The third-order valence-electron chi connectivity index (χ3n) is 4.24. The molecule has 0 heterocycles. The number of phenols is 1. The summed E-state index contributed by atoms with van der Waals surface area (Å²) in [4.78, 5) is 26.6. The van der Waals surface area contributed by atoms with Crippen LogP contribution in [0.25, 0.3) is 0 Å². The van der Waals surface area contributed by atoms with Crippen molar-refractivity contribution in [3.05, 3.63) is 54.3 Å². The molecule has 0 aliphatic heterocycles. The molecular weight excluding hydrogens is 311 g/mol. The predicted molar refractivity (Wildman–Crippen MR) is 88.2 cm³/mol. The molecule has 0 atom stereocenters. The van der Waals surface area contributed by atoms with Gasteiger partial charge in [-0.3, -0.25) is 9.59 Å². The zero-order valence-electron chi connectivity index (χ0n) is 13.1. The summed E-state index contributed by atoms with van der Waals surface area (Å²) < 4.78 is 13.0. The molecule has 5 nitrogen and oxygen atoms in total. The molecule has 2 amide bonds. The largest absolute Gasteiger partial charge is 0.508 e. The van der Waals surface area contributed by atoms with Gasteiger partial charge in [-0.15, -0.1) is 0 Å². The Morgan fingerprint density at radius 2 is 1.67 bits per heavy atom. The average Bonchev–Trinajstić information content (AvgIpc) is 3.38. The first-order chi connectivity index (χ1) is 11.4. The van der Waals surface area contributed by atoms with Gasteiger partial charge in [0.25, 0.3) is 0 Å². The minimum absolute atomic E-state index is 0.0984. The normalized spacial score (nSPS) is 14.8. The van der Waals surface area contributed by atoms with Gasteiger partial charge in [-0.2, -0.15) is 0 Å². The van der Waals surface area contributed by atoms with Crippen LogP contribution in [0.3, 0.4) is 0 Å². The van der Waals surface area contributed by atoms with E-state index in [0.717, 1.165) is 0 Å². The second-order valence-corrected chi connectivity index (χ2v) is 5.92. The molecule has 1 saturated carbocycles. The van der Waals surface area contributed by atoms with E-state index < -0.39 is 5.41 Å². The van der Waals surface area contributed by atoms with Crippen molar-refractivity contribution in [1.29, 1.82) is 0 Å². The van der Waals surface area contributed by atoms with Crippen LogP contribution in [0.4, 0.5) is 15.8 Å². The van der Waals surface area contributed by atoms with Crippen molar-refractivity contribution in [1.82, 2.24) is 0 Å². The molecule has 3 rings (SSSR count). The van der Waals surface area contributed by atoms with Crippen LogP contribution in [0.15, 0.2) is 48.5 Å². The minimum Gasteiger partial charge on any atom is -0.508 e. The number of anilines is 2. The van der Waals surface area contributed by atoms with Gasteiger partial charge in [-0.25, -0.2) is 4.39 Å². The van der Waals surface area contributed by atoms with Crippen molar-refractivity contribution < 1.29 is 19.1 Å². The molecule has 2 aromatic rings. The second kappa shape index (κ2) is 5.96. The van der Waals surface area contributed by atoms with Crippen molar-refractivity contribution in [3.8, 4) is 5.75 Å². The average molecular weight is 328 g/mol. The highest BCUT2D eigenvalue weighted by Crippen LogP contribution is 2.48. The summed E-state index contributed by atoms with van der Waals surface area (Å²) in [6.07, 6.45) is 0.947. The minimum atomic E-state index is -1.08.